The van der Waals surface area contributed by atoms with Gasteiger partial charge in [0.05, 0.1) is 24.9 Å². The maximum Gasteiger partial charge on any atom is 0.174 e. The summed E-state index contributed by atoms with van der Waals surface area (Å²) in [5.41, 5.74) is 5.89. The Hall–Kier alpha value is -3.84. The molecule has 0 spiro atoms. The lowest BCUT2D eigenvalue weighted by Crippen LogP contribution is -2.29. The van der Waals surface area contributed by atoms with Crippen LogP contribution in [0.5, 0.6) is 17.2 Å². The van der Waals surface area contributed by atoms with E-state index in [1.165, 1.54) is 29.8 Å². The van der Waals surface area contributed by atoms with Crippen molar-refractivity contribution in [1.29, 1.82) is 0 Å². The molecule has 0 amide bonds. The molecule has 2 atom stereocenters. The third kappa shape index (κ3) is 4.44. The normalized spacial score (nSPS) is 19.1. The number of nitrogens with one attached hydrogen (secondary N) is 1. The van der Waals surface area contributed by atoms with E-state index < -0.39 is 0 Å². The van der Waals surface area contributed by atoms with Crippen molar-refractivity contribution in [2.75, 3.05) is 12.0 Å². The summed E-state index contributed by atoms with van der Waals surface area (Å²) >= 11 is 5.92. The van der Waals surface area contributed by atoms with E-state index in [9.17, 15) is 0 Å². The van der Waals surface area contributed by atoms with Gasteiger partial charge in [0.25, 0.3) is 0 Å². The molecule has 188 valence electrons. The maximum atomic E-state index is 6.06. The molecule has 2 aromatic heterocycles. The standard InChI is InChI=1S/C30H30N4O2S/c1-19-18-26(20(2)33(19)21-7-8-21)29-28(27-6-4-5-17-31-27)32-30(37)34(29)22-9-11-24(12-10-22)36-25-15-13-23(35-3)14-16-25/h4-6,9-18,21,28-29H,7-8H2,1-3H3,(H,32,37)/t28-,29+/m1/s1. The lowest BCUT2D eigenvalue weighted by Gasteiger charge is -2.28. The number of pyridine rings is 1. The Kier molecular flexibility index (Phi) is 6.08. The van der Waals surface area contributed by atoms with Crippen molar-refractivity contribution in [2.45, 2.75) is 44.8 Å². The highest BCUT2D eigenvalue weighted by atomic mass is 32.1. The van der Waals surface area contributed by atoms with Gasteiger partial charge in [-0.15, -0.1) is 0 Å². The number of rotatable bonds is 7. The molecule has 0 bridgehead atoms. The minimum atomic E-state index is -0.0583. The van der Waals surface area contributed by atoms with Gasteiger partial charge in [-0.05, 0) is 111 Å². The molecule has 2 aliphatic rings. The van der Waals surface area contributed by atoms with E-state index in [0.717, 1.165) is 28.6 Å². The number of aryl methyl sites for hydroxylation is 1. The molecule has 0 radical (unpaired) electrons. The molecule has 1 aliphatic carbocycles. The highest BCUT2D eigenvalue weighted by molar-refractivity contribution is 7.80. The number of hydrogen-bond acceptors (Lipinski definition) is 4. The molecular formula is C30H30N4O2S. The summed E-state index contributed by atoms with van der Waals surface area (Å²) in [6.07, 6.45) is 4.35. The van der Waals surface area contributed by atoms with Gasteiger partial charge >= 0.3 is 0 Å². The van der Waals surface area contributed by atoms with E-state index >= 15 is 0 Å². The van der Waals surface area contributed by atoms with E-state index in [1.807, 2.05) is 54.7 Å². The van der Waals surface area contributed by atoms with Gasteiger partial charge in [0.15, 0.2) is 5.11 Å². The largest absolute Gasteiger partial charge is 0.497 e. The predicted octanol–water partition coefficient (Wildman–Crippen LogP) is 6.81. The average Bonchev–Trinajstić information content (AvgIpc) is 3.63. The first-order valence-electron chi connectivity index (χ1n) is 12.6. The lowest BCUT2D eigenvalue weighted by molar-refractivity contribution is 0.413. The summed E-state index contributed by atoms with van der Waals surface area (Å²) in [5, 5.41) is 4.27. The predicted molar refractivity (Wildman–Crippen MR) is 150 cm³/mol. The Morgan fingerprint density at radius 2 is 1.59 bits per heavy atom. The Bertz CT molecular complexity index is 1410. The molecule has 4 aromatic rings. The third-order valence-corrected chi connectivity index (χ3v) is 7.58. The molecule has 1 aliphatic heterocycles. The molecule has 37 heavy (non-hydrogen) atoms. The minimum absolute atomic E-state index is 0.0190. The van der Waals surface area contributed by atoms with Crippen molar-refractivity contribution in [3.63, 3.8) is 0 Å². The van der Waals surface area contributed by atoms with Crippen LogP contribution in [0.2, 0.25) is 0 Å². The fourth-order valence-corrected chi connectivity index (χ4v) is 5.75. The number of hydrogen-bond donors (Lipinski definition) is 1. The van der Waals surface area contributed by atoms with Crippen LogP contribution in [-0.2, 0) is 0 Å². The van der Waals surface area contributed by atoms with Gasteiger partial charge in [-0.2, -0.15) is 0 Å². The second kappa shape index (κ2) is 9.56. The zero-order valence-corrected chi connectivity index (χ0v) is 22.0. The maximum absolute atomic E-state index is 6.06. The molecule has 2 fully saturated rings. The van der Waals surface area contributed by atoms with Crippen LogP contribution in [0.15, 0.2) is 79.0 Å². The molecule has 6 rings (SSSR count). The topological polar surface area (TPSA) is 51.6 Å². The Morgan fingerprint density at radius 1 is 0.919 bits per heavy atom. The summed E-state index contributed by atoms with van der Waals surface area (Å²) < 4.78 is 13.8. The van der Waals surface area contributed by atoms with Crippen LogP contribution in [0.3, 0.4) is 0 Å². The van der Waals surface area contributed by atoms with E-state index in [1.54, 1.807) is 7.11 Å². The number of aromatic nitrogens is 2. The highest BCUT2D eigenvalue weighted by Gasteiger charge is 2.43. The second-order valence-corrected chi connectivity index (χ2v) is 10.1. The van der Waals surface area contributed by atoms with Crippen LogP contribution in [0, 0.1) is 13.8 Å². The monoisotopic (exact) mass is 510 g/mol. The third-order valence-electron chi connectivity index (χ3n) is 7.26. The highest BCUT2D eigenvalue weighted by Crippen LogP contribution is 2.46. The molecule has 1 saturated heterocycles. The quantitative estimate of drug-likeness (QED) is 0.276. The van der Waals surface area contributed by atoms with Gasteiger partial charge in [0.2, 0.25) is 0 Å². The number of methoxy groups -OCH3 is 1. The zero-order chi connectivity index (χ0) is 25.5. The smallest absolute Gasteiger partial charge is 0.174 e. The summed E-state index contributed by atoms with van der Waals surface area (Å²) in [4.78, 5) is 6.92. The Labute approximate surface area is 222 Å². The fourth-order valence-electron chi connectivity index (χ4n) is 5.40. The van der Waals surface area contributed by atoms with Crippen molar-refractivity contribution in [3.8, 4) is 17.2 Å². The van der Waals surface area contributed by atoms with Crippen molar-refractivity contribution in [3.05, 3.63) is 102 Å². The second-order valence-electron chi connectivity index (χ2n) is 9.70. The van der Waals surface area contributed by atoms with Gasteiger partial charge in [-0.1, -0.05) is 6.07 Å². The van der Waals surface area contributed by atoms with Crippen molar-refractivity contribution >= 4 is 23.0 Å². The number of nitrogens with zero attached hydrogens (tertiary/aromatic N) is 3. The molecule has 0 unspecified atom stereocenters. The number of ether oxygens (including phenoxy) is 2. The van der Waals surface area contributed by atoms with Gasteiger partial charge < -0.3 is 24.3 Å². The van der Waals surface area contributed by atoms with Gasteiger partial charge in [0, 0.05) is 29.3 Å². The molecular weight excluding hydrogens is 480 g/mol. The van der Waals surface area contributed by atoms with Crippen LogP contribution >= 0.6 is 12.2 Å². The molecule has 2 aromatic carbocycles. The van der Waals surface area contributed by atoms with E-state index in [0.29, 0.717) is 11.2 Å². The number of benzene rings is 2. The van der Waals surface area contributed by atoms with Crippen molar-refractivity contribution in [2.24, 2.45) is 0 Å². The SMILES string of the molecule is COc1ccc(Oc2ccc(N3C(=S)N[C@H](c4ccccn4)[C@@H]3c3cc(C)n(C4CC4)c3C)cc2)cc1. The summed E-state index contributed by atoms with van der Waals surface area (Å²) in [6, 6.07) is 24.6. The molecule has 3 heterocycles. The van der Waals surface area contributed by atoms with Gasteiger partial charge in [-0.25, -0.2) is 0 Å². The van der Waals surface area contributed by atoms with E-state index in [-0.39, 0.29) is 12.1 Å². The Balaban J connectivity index is 1.35. The van der Waals surface area contributed by atoms with Crippen LogP contribution in [0.1, 0.15) is 53.6 Å². The van der Waals surface area contributed by atoms with Crippen LogP contribution in [-0.4, -0.2) is 21.8 Å². The van der Waals surface area contributed by atoms with Gasteiger partial charge in [0.1, 0.15) is 17.2 Å². The summed E-state index contributed by atoms with van der Waals surface area (Å²) in [7, 11) is 1.65. The Morgan fingerprint density at radius 3 is 2.22 bits per heavy atom. The van der Waals surface area contributed by atoms with Gasteiger partial charge in [-0.3, -0.25) is 4.98 Å². The van der Waals surface area contributed by atoms with Crippen LogP contribution < -0.4 is 19.7 Å². The number of thiocarbonyl (C=S) groups is 1. The van der Waals surface area contributed by atoms with Crippen molar-refractivity contribution in [1.82, 2.24) is 14.9 Å². The molecule has 7 heteroatoms. The zero-order valence-electron chi connectivity index (χ0n) is 21.2. The summed E-state index contributed by atoms with van der Waals surface area (Å²) in [6.45, 7) is 4.45. The summed E-state index contributed by atoms with van der Waals surface area (Å²) in [5.74, 6) is 2.32. The van der Waals surface area contributed by atoms with Crippen LogP contribution in [0.25, 0.3) is 0 Å². The lowest BCUT2D eigenvalue weighted by atomic mass is 9.96. The minimum Gasteiger partial charge on any atom is -0.497 e. The first kappa shape index (κ1) is 23.6. The molecule has 1 N–H and O–H groups in total. The first-order valence-corrected chi connectivity index (χ1v) is 13.1. The van der Waals surface area contributed by atoms with E-state index in [2.05, 4.69) is 52.9 Å². The van der Waals surface area contributed by atoms with E-state index in [4.69, 9.17) is 26.7 Å². The number of anilines is 1. The van der Waals surface area contributed by atoms with Crippen LogP contribution in [0.4, 0.5) is 5.69 Å². The molecule has 1 saturated carbocycles. The molecule has 6 nitrogen and oxygen atoms in total. The average molecular weight is 511 g/mol. The first-order chi connectivity index (χ1) is 18.0. The fraction of sp³-hybridized carbons (Fsp3) is 0.267. The van der Waals surface area contributed by atoms with Crippen molar-refractivity contribution < 1.29 is 9.47 Å².